The molecule has 5 nitrogen and oxygen atoms in total. The normalized spacial score (nSPS) is 12.1. The number of oxazole rings is 1. The van der Waals surface area contributed by atoms with Crippen molar-refractivity contribution in [1.82, 2.24) is 10.3 Å². The van der Waals surface area contributed by atoms with Crippen molar-refractivity contribution in [2.75, 3.05) is 11.9 Å². The molecule has 112 valence electrons. The van der Waals surface area contributed by atoms with Gasteiger partial charge in [0.05, 0.1) is 5.69 Å². The number of aryl methyl sites for hydroxylation is 1. The van der Waals surface area contributed by atoms with Gasteiger partial charge in [0.2, 0.25) is 5.76 Å². The van der Waals surface area contributed by atoms with E-state index in [-0.39, 0.29) is 17.7 Å². The van der Waals surface area contributed by atoms with Crippen LogP contribution in [-0.2, 0) is 0 Å². The van der Waals surface area contributed by atoms with Crippen molar-refractivity contribution in [3.63, 3.8) is 0 Å². The van der Waals surface area contributed by atoms with Gasteiger partial charge in [-0.1, -0.05) is 25.1 Å². The second kappa shape index (κ2) is 7.04. The minimum absolute atomic E-state index is 0.164. The fraction of sp³-hybridized carbons (Fsp3) is 0.375. The third-order valence-electron chi connectivity index (χ3n) is 3.33. The highest BCUT2D eigenvalue weighted by atomic mass is 16.3. The van der Waals surface area contributed by atoms with Crippen LogP contribution in [0.2, 0.25) is 0 Å². The molecule has 0 spiro atoms. The summed E-state index contributed by atoms with van der Waals surface area (Å²) in [6, 6.07) is 7.93. The zero-order valence-electron chi connectivity index (χ0n) is 12.6. The lowest BCUT2D eigenvalue weighted by Crippen LogP contribution is -2.21. The van der Waals surface area contributed by atoms with Crippen LogP contribution in [-0.4, -0.2) is 17.4 Å². The summed E-state index contributed by atoms with van der Waals surface area (Å²) in [6.07, 6.45) is 2.34. The molecule has 1 unspecified atom stereocenters. The predicted molar refractivity (Wildman–Crippen MR) is 82.3 cm³/mol. The van der Waals surface area contributed by atoms with Crippen LogP contribution in [0.3, 0.4) is 0 Å². The molecule has 1 heterocycles. The highest BCUT2D eigenvalue weighted by molar-refractivity contribution is 6.03. The molecule has 5 heteroatoms. The first-order valence-corrected chi connectivity index (χ1v) is 7.17. The van der Waals surface area contributed by atoms with E-state index in [0.717, 1.165) is 24.2 Å². The summed E-state index contributed by atoms with van der Waals surface area (Å²) in [7, 11) is 0. The Morgan fingerprint density at radius 2 is 2.14 bits per heavy atom. The van der Waals surface area contributed by atoms with Gasteiger partial charge in [0.25, 0.3) is 5.91 Å². The zero-order chi connectivity index (χ0) is 15.2. The molecule has 1 atom stereocenters. The van der Waals surface area contributed by atoms with Gasteiger partial charge in [0, 0.05) is 11.7 Å². The van der Waals surface area contributed by atoms with Gasteiger partial charge < -0.3 is 15.1 Å². The summed E-state index contributed by atoms with van der Waals surface area (Å²) in [5.41, 5.74) is 2.42. The van der Waals surface area contributed by atoms with E-state index in [9.17, 15) is 4.79 Å². The second-order valence-electron chi connectivity index (χ2n) is 4.98. The Bertz CT molecular complexity index is 607. The molecule has 0 aliphatic rings. The van der Waals surface area contributed by atoms with Gasteiger partial charge in [-0.2, -0.15) is 0 Å². The number of carbonyl (C=O) groups is 1. The van der Waals surface area contributed by atoms with E-state index in [0.29, 0.717) is 5.69 Å². The van der Waals surface area contributed by atoms with E-state index in [1.807, 2.05) is 24.3 Å². The van der Waals surface area contributed by atoms with Gasteiger partial charge in [0.15, 0.2) is 6.39 Å². The van der Waals surface area contributed by atoms with Crippen molar-refractivity contribution in [3.05, 3.63) is 47.7 Å². The van der Waals surface area contributed by atoms with Crippen LogP contribution in [0.5, 0.6) is 0 Å². The number of aromatic nitrogens is 1. The van der Waals surface area contributed by atoms with Crippen molar-refractivity contribution in [2.24, 2.45) is 0 Å². The average molecular weight is 287 g/mol. The molecule has 2 aromatic rings. The van der Waals surface area contributed by atoms with Gasteiger partial charge in [-0.15, -0.1) is 0 Å². The van der Waals surface area contributed by atoms with E-state index in [2.05, 4.69) is 29.5 Å². The van der Waals surface area contributed by atoms with Gasteiger partial charge in [-0.25, -0.2) is 4.98 Å². The van der Waals surface area contributed by atoms with Crippen molar-refractivity contribution in [2.45, 2.75) is 33.2 Å². The monoisotopic (exact) mass is 287 g/mol. The Balaban J connectivity index is 2.17. The fourth-order valence-corrected chi connectivity index (χ4v) is 2.16. The number of para-hydroxylation sites is 1. The molecule has 2 rings (SSSR count). The molecule has 0 saturated heterocycles. The van der Waals surface area contributed by atoms with Crippen molar-refractivity contribution in [1.29, 1.82) is 0 Å². The maximum Gasteiger partial charge on any atom is 0.293 e. The lowest BCUT2D eigenvalue weighted by molar-refractivity contribution is 0.0995. The van der Waals surface area contributed by atoms with Crippen LogP contribution in [0.15, 0.2) is 35.1 Å². The van der Waals surface area contributed by atoms with Crippen molar-refractivity contribution >= 4 is 11.6 Å². The van der Waals surface area contributed by atoms with E-state index in [1.54, 1.807) is 6.92 Å². The first kappa shape index (κ1) is 15.3. The van der Waals surface area contributed by atoms with Crippen molar-refractivity contribution in [3.8, 4) is 0 Å². The summed E-state index contributed by atoms with van der Waals surface area (Å²) in [6.45, 7) is 6.89. The summed E-state index contributed by atoms with van der Waals surface area (Å²) in [4.78, 5) is 16.2. The van der Waals surface area contributed by atoms with E-state index < -0.39 is 0 Å². The maximum atomic E-state index is 12.2. The molecule has 21 heavy (non-hydrogen) atoms. The maximum absolute atomic E-state index is 12.2. The lowest BCUT2D eigenvalue weighted by atomic mass is 10.1. The molecule has 0 saturated carbocycles. The molecule has 1 aromatic heterocycles. The molecule has 1 aromatic carbocycles. The zero-order valence-corrected chi connectivity index (χ0v) is 12.6. The number of rotatable bonds is 6. The molecule has 0 fully saturated rings. The molecule has 0 bridgehead atoms. The number of anilines is 1. The number of nitrogens with one attached hydrogen (secondary N) is 2. The van der Waals surface area contributed by atoms with Crippen LogP contribution in [0, 0.1) is 6.92 Å². The summed E-state index contributed by atoms with van der Waals surface area (Å²) >= 11 is 0. The predicted octanol–water partition coefficient (Wildman–Crippen LogP) is 3.30. The SMILES string of the molecule is CCCNC(C)c1ccccc1NC(=O)c1ocnc1C. The Kier molecular flexibility index (Phi) is 5.11. The third-order valence-corrected chi connectivity index (χ3v) is 3.33. The lowest BCUT2D eigenvalue weighted by Gasteiger charge is -2.18. The number of nitrogens with zero attached hydrogens (tertiary/aromatic N) is 1. The molecular formula is C16H21N3O2. The number of carbonyl (C=O) groups excluding carboxylic acids is 1. The van der Waals surface area contributed by atoms with Gasteiger partial charge >= 0.3 is 0 Å². The fourth-order valence-electron chi connectivity index (χ4n) is 2.16. The highest BCUT2D eigenvalue weighted by Gasteiger charge is 2.17. The molecule has 1 amide bonds. The van der Waals surface area contributed by atoms with Crippen LogP contribution in [0.1, 0.15) is 48.1 Å². The number of amides is 1. The quantitative estimate of drug-likeness (QED) is 0.855. The van der Waals surface area contributed by atoms with Gasteiger partial charge in [-0.3, -0.25) is 4.79 Å². The topological polar surface area (TPSA) is 67.2 Å². The molecule has 0 aliphatic heterocycles. The van der Waals surface area contributed by atoms with Gasteiger partial charge in [-0.05, 0) is 38.4 Å². The Morgan fingerprint density at radius 1 is 1.38 bits per heavy atom. The summed E-state index contributed by atoms with van der Waals surface area (Å²) in [5, 5.41) is 6.32. The molecule has 0 aliphatic carbocycles. The van der Waals surface area contributed by atoms with Crippen LogP contribution >= 0.6 is 0 Å². The van der Waals surface area contributed by atoms with E-state index in [1.165, 1.54) is 6.39 Å². The Labute approximate surface area is 124 Å². The largest absolute Gasteiger partial charge is 0.438 e. The minimum atomic E-state index is -0.278. The number of benzene rings is 1. The summed E-state index contributed by atoms with van der Waals surface area (Å²) in [5.74, 6) is -0.0286. The summed E-state index contributed by atoms with van der Waals surface area (Å²) < 4.78 is 5.12. The number of hydrogen-bond donors (Lipinski definition) is 2. The highest BCUT2D eigenvalue weighted by Crippen LogP contribution is 2.23. The third kappa shape index (κ3) is 3.70. The first-order chi connectivity index (χ1) is 10.1. The molecule has 0 radical (unpaired) electrons. The smallest absolute Gasteiger partial charge is 0.293 e. The van der Waals surface area contributed by atoms with Crippen LogP contribution in [0.4, 0.5) is 5.69 Å². The second-order valence-corrected chi connectivity index (χ2v) is 4.98. The van der Waals surface area contributed by atoms with Gasteiger partial charge in [0.1, 0.15) is 0 Å². The minimum Gasteiger partial charge on any atom is -0.438 e. The number of hydrogen-bond acceptors (Lipinski definition) is 4. The van der Waals surface area contributed by atoms with Crippen LogP contribution in [0.25, 0.3) is 0 Å². The first-order valence-electron chi connectivity index (χ1n) is 7.17. The van der Waals surface area contributed by atoms with E-state index in [4.69, 9.17) is 4.42 Å². The molecule has 2 N–H and O–H groups in total. The Morgan fingerprint density at radius 3 is 2.81 bits per heavy atom. The molecular weight excluding hydrogens is 266 g/mol. The van der Waals surface area contributed by atoms with Crippen LogP contribution < -0.4 is 10.6 Å². The standard InChI is InChI=1S/C16H21N3O2/c1-4-9-17-11(2)13-7-5-6-8-14(13)19-16(20)15-12(3)18-10-21-15/h5-8,10-11,17H,4,9H2,1-3H3,(H,19,20). The van der Waals surface area contributed by atoms with Crippen molar-refractivity contribution < 1.29 is 9.21 Å². The average Bonchev–Trinajstić information content (AvgIpc) is 2.91. The van der Waals surface area contributed by atoms with E-state index >= 15 is 0 Å². The Hall–Kier alpha value is -2.14.